The normalized spacial score (nSPS) is 13.1. The molecule has 1 rings (SSSR count). The molecule has 0 radical (unpaired) electrons. The van der Waals surface area contributed by atoms with Gasteiger partial charge in [0.2, 0.25) is 0 Å². The summed E-state index contributed by atoms with van der Waals surface area (Å²) in [6.45, 7) is 6.65. The number of hydrogen-bond donors (Lipinski definition) is 1. The van der Waals surface area contributed by atoms with Gasteiger partial charge in [-0.3, -0.25) is 0 Å². The fourth-order valence-electron chi connectivity index (χ4n) is 1.40. The van der Waals surface area contributed by atoms with Crippen LogP contribution in [0.25, 0.3) is 0 Å². The van der Waals surface area contributed by atoms with E-state index >= 15 is 0 Å². The zero-order valence-corrected chi connectivity index (χ0v) is 11.0. The van der Waals surface area contributed by atoms with E-state index in [0.29, 0.717) is 11.2 Å². The van der Waals surface area contributed by atoms with Crippen LogP contribution in [0.5, 0.6) is 0 Å². The Bertz CT molecular complexity index is 288. The quantitative estimate of drug-likeness (QED) is 0.831. The van der Waals surface area contributed by atoms with Gasteiger partial charge in [-0.25, -0.2) is 0 Å². The second-order valence-corrected chi connectivity index (χ2v) is 5.16. The van der Waals surface area contributed by atoms with Crippen LogP contribution in [0.3, 0.4) is 0 Å². The van der Waals surface area contributed by atoms with Crippen LogP contribution in [-0.4, -0.2) is 14.8 Å². The highest BCUT2D eigenvalue weighted by Crippen LogP contribution is 2.20. The molecule has 86 valence electrons. The number of nitrogens with one attached hydrogen (secondary N) is 1. The monoisotopic (exact) mass is 247 g/mol. The number of hydrogen-bond acceptors (Lipinski definition) is 4. The van der Waals surface area contributed by atoms with Crippen LogP contribution in [0.2, 0.25) is 5.15 Å². The van der Waals surface area contributed by atoms with Crippen molar-refractivity contribution >= 4 is 29.1 Å². The van der Waals surface area contributed by atoms with E-state index in [1.54, 1.807) is 0 Å². The molecular weight excluding hydrogens is 230 g/mol. The third-order valence-corrected chi connectivity index (χ3v) is 3.14. The van der Waals surface area contributed by atoms with Crippen molar-refractivity contribution in [2.45, 2.75) is 46.1 Å². The van der Waals surface area contributed by atoms with E-state index in [1.165, 1.54) is 12.8 Å². The highest BCUT2D eigenvalue weighted by Gasteiger charge is 2.08. The zero-order chi connectivity index (χ0) is 11.3. The van der Waals surface area contributed by atoms with Crippen LogP contribution >= 0.6 is 23.3 Å². The summed E-state index contributed by atoms with van der Waals surface area (Å²) in [6, 6.07) is 0.408. The van der Waals surface area contributed by atoms with Gasteiger partial charge in [-0.15, -0.1) is 0 Å². The van der Waals surface area contributed by atoms with Crippen LogP contribution in [-0.2, 0) is 0 Å². The Balaban J connectivity index is 2.24. The van der Waals surface area contributed by atoms with Crippen LogP contribution in [0.15, 0.2) is 0 Å². The second-order valence-electron chi connectivity index (χ2n) is 4.27. The first-order chi connectivity index (χ1) is 7.09. The van der Waals surface area contributed by atoms with Crippen LogP contribution < -0.4 is 5.32 Å². The molecular formula is C10H18ClN3S. The third-order valence-electron chi connectivity index (χ3n) is 2.25. The van der Waals surface area contributed by atoms with Gasteiger partial charge >= 0.3 is 0 Å². The predicted octanol–water partition coefficient (Wildman–Crippen LogP) is 3.82. The minimum absolute atomic E-state index is 0.408. The van der Waals surface area contributed by atoms with Gasteiger partial charge < -0.3 is 5.32 Å². The van der Waals surface area contributed by atoms with Crippen molar-refractivity contribution in [3.8, 4) is 0 Å². The standard InChI is InChI=1S/C10H18ClN3S/c1-7(2)5-4-6-8(3)12-10-9(11)13-15-14-10/h7-8H,4-6H2,1-3H3,(H,12,14). The smallest absolute Gasteiger partial charge is 0.186 e. The summed E-state index contributed by atoms with van der Waals surface area (Å²) in [7, 11) is 0. The largest absolute Gasteiger partial charge is 0.364 e. The molecule has 5 heteroatoms. The van der Waals surface area contributed by atoms with E-state index in [4.69, 9.17) is 11.6 Å². The molecule has 1 unspecified atom stereocenters. The molecule has 1 aromatic rings. The maximum Gasteiger partial charge on any atom is 0.186 e. The Morgan fingerprint density at radius 2 is 2.00 bits per heavy atom. The van der Waals surface area contributed by atoms with Crippen LogP contribution in [0.1, 0.15) is 40.0 Å². The minimum Gasteiger partial charge on any atom is -0.364 e. The van der Waals surface area contributed by atoms with Gasteiger partial charge in [-0.2, -0.15) is 8.75 Å². The highest BCUT2D eigenvalue weighted by atomic mass is 35.5. The lowest BCUT2D eigenvalue weighted by molar-refractivity contribution is 0.520. The van der Waals surface area contributed by atoms with Crippen molar-refractivity contribution in [1.29, 1.82) is 0 Å². The number of anilines is 1. The second kappa shape index (κ2) is 6.28. The Morgan fingerprint density at radius 3 is 2.53 bits per heavy atom. The molecule has 0 aliphatic carbocycles. The maximum atomic E-state index is 5.84. The van der Waals surface area contributed by atoms with Gasteiger partial charge in [-0.1, -0.05) is 38.3 Å². The lowest BCUT2D eigenvalue weighted by Gasteiger charge is -2.13. The lowest BCUT2D eigenvalue weighted by Crippen LogP contribution is -2.15. The molecule has 1 heterocycles. The van der Waals surface area contributed by atoms with Crippen molar-refractivity contribution in [3.63, 3.8) is 0 Å². The molecule has 0 bridgehead atoms. The molecule has 0 aliphatic rings. The average Bonchev–Trinajstić information content (AvgIpc) is 2.51. The van der Waals surface area contributed by atoms with Gasteiger partial charge in [0.25, 0.3) is 0 Å². The summed E-state index contributed by atoms with van der Waals surface area (Å²) in [5, 5.41) is 3.75. The summed E-state index contributed by atoms with van der Waals surface area (Å²) in [5.41, 5.74) is 0. The number of rotatable bonds is 6. The minimum atomic E-state index is 0.408. The zero-order valence-electron chi connectivity index (χ0n) is 9.46. The lowest BCUT2D eigenvalue weighted by atomic mass is 10.0. The van der Waals surface area contributed by atoms with Crippen LogP contribution in [0.4, 0.5) is 5.82 Å². The summed E-state index contributed by atoms with van der Waals surface area (Å²) < 4.78 is 8.00. The molecule has 1 aromatic heterocycles. The molecule has 3 nitrogen and oxygen atoms in total. The Morgan fingerprint density at radius 1 is 1.27 bits per heavy atom. The van der Waals surface area contributed by atoms with Gasteiger partial charge in [0.05, 0.1) is 11.7 Å². The first-order valence-electron chi connectivity index (χ1n) is 5.34. The third kappa shape index (κ3) is 4.80. The van der Waals surface area contributed by atoms with E-state index in [-0.39, 0.29) is 0 Å². The summed E-state index contributed by atoms with van der Waals surface area (Å²) in [5.74, 6) is 1.50. The molecule has 0 fully saturated rings. The Hall–Kier alpha value is -0.350. The van der Waals surface area contributed by atoms with E-state index in [9.17, 15) is 0 Å². The predicted molar refractivity (Wildman–Crippen MR) is 66.7 cm³/mol. The molecule has 1 N–H and O–H groups in total. The van der Waals surface area contributed by atoms with Crippen LogP contribution in [0, 0.1) is 5.92 Å². The van der Waals surface area contributed by atoms with E-state index in [1.807, 2.05) is 0 Å². The van der Waals surface area contributed by atoms with Gasteiger partial charge in [0.1, 0.15) is 0 Å². The maximum absolute atomic E-state index is 5.84. The molecule has 0 amide bonds. The molecule has 0 saturated carbocycles. The molecule has 0 saturated heterocycles. The Labute approximate surface area is 101 Å². The molecule has 15 heavy (non-hydrogen) atoms. The van der Waals surface area contributed by atoms with Crippen molar-refractivity contribution in [2.75, 3.05) is 5.32 Å². The number of aromatic nitrogens is 2. The van der Waals surface area contributed by atoms with Crippen molar-refractivity contribution in [3.05, 3.63) is 5.15 Å². The summed E-state index contributed by atoms with van der Waals surface area (Å²) in [4.78, 5) is 0. The van der Waals surface area contributed by atoms with E-state index in [2.05, 4.69) is 34.8 Å². The fourth-order valence-corrected chi connectivity index (χ4v) is 2.06. The SMILES string of the molecule is CC(C)CCCC(C)Nc1nsnc1Cl. The van der Waals surface area contributed by atoms with Gasteiger partial charge in [0.15, 0.2) is 11.0 Å². The van der Waals surface area contributed by atoms with Crippen molar-refractivity contribution in [1.82, 2.24) is 8.75 Å². The highest BCUT2D eigenvalue weighted by molar-refractivity contribution is 6.99. The molecule has 0 aromatic carbocycles. The molecule has 0 spiro atoms. The topological polar surface area (TPSA) is 37.8 Å². The Kier molecular flexibility index (Phi) is 5.32. The summed E-state index contributed by atoms with van der Waals surface area (Å²) >= 11 is 6.99. The first-order valence-corrected chi connectivity index (χ1v) is 6.45. The fraction of sp³-hybridized carbons (Fsp3) is 0.800. The molecule has 1 atom stereocenters. The average molecular weight is 248 g/mol. The summed E-state index contributed by atoms with van der Waals surface area (Å²) in [6.07, 6.45) is 3.65. The van der Waals surface area contributed by atoms with Crippen molar-refractivity contribution in [2.24, 2.45) is 5.92 Å². The van der Waals surface area contributed by atoms with Gasteiger partial charge in [0, 0.05) is 6.04 Å². The van der Waals surface area contributed by atoms with E-state index < -0.39 is 0 Å². The van der Waals surface area contributed by atoms with Gasteiger partial charge in [-0.05, 0) is 19.3 Å². The molecule has 0 aliphatic heterocycles. The van der Waals surface area contributed by atoms with E-state index in [0.717, 1.165) is 29.9 Å². The number of halogens is 1. The van der Waals surface area contributed by atoms with Crippen molar-refractivity contribution < 1.29 is 0 Å². The first kappa shape index (κ1) is 12.7. The number of nitrogens with zero attached hydrogens (tertiary/aromatic N) is 2.